The van der Waals surface area contributed by atoms with Crippen LogP contribution in [0.4, 0.5) is 4.79 Å². The summed E-state index contributed by atoms with van der Waals surface area (Å²) >= 11 is 0. The zero-order valence-electron chi connectivity index (χ0n) is 14.9. The molecule has 1 aromatic rings. The van der Waals surface area contributed by atoms with E-state index >= 15 is 0 Å². The highest BCUT2D eigenvalue weighted by atomic mass is 16.6. The van der Waals surface area contributed by atoms with Crippen molar-refractivity contribution in [1.29, 1.82) is 0 Å². The van der Waals surface area contributed by atoms with Gasteiger partial charge in [0.1, 0.15) is 11.7 Å². The molecule has 0 radical (unpaired) electrons. The Labute approximate surface area is 148 Å². The van der Waals surface area contributed by atoms with E-state index in [1.165, 1.54) is 0 Å². The van der Waals surface area contributed by atoms with Gasteiger partial charge in [0.25, 0.3) is 5.91 Å². The third-order valence-electron chi connectivity index (χ3n) is 3.85. The predicted octanol–water partition coefficient (Wildman–Crippen LogP) is 2.05. The molecule has 1 aliphatic heterocycles. The van der Waals surface area contributed by atoms with Crippen molar-refractivity contribution < 1.29 is 19.4 Å². The number of hydrogen-bond donors (Lipinski definition) is 1. The summed E-state index contributed by atoms with van der Waals surface area (Å²) in [4.78, 5) is 27.9. The van der Waals surface area contributed by atoms with Crippen LogP contribution in [0.15, 0.2) is 24.3 Å². The zero-order chi connectivity index (χ0) is 18.6. The molecule has 1 N–H and O–H groups in total. The fraction of sp³-hybridized carbons (Fsp3) is 0.474. The van der Waals surface area contributed by atoms with Crippen molar-refractivity contribution in [3.63, 3.8) is 0 Å². The fourth-order valence-corrected chi connectivity index (χ4v) is 2.51. The van der Waals surface area contributed by atoms with E-state index in [1.807, 2.05) is 20.8 Å². The van der Waals surface area contributed by atoms with Crippen molar-refractivity contribution in [3.8, 4) is 12.3 Å². The largest absolute Gasteiger partial charge is 0.444 e. The lowest BCUT2D eigenvalue weighted by Gasteiger charge is -2.35. The van der Waals surface area contributed by atoms with Crippen molar-refractivity contribution in [3.05, 3.63) is 35.4 Å². The SMILES string of the molecule is C#CC(O)c1ccc(C(=O)N2CCN(C(=O)OC(C)(C)C)CC2)cc1. The Hall–Kier alpha value is -2.52. The Bertz CT molecular complexity index is 662. The number of amides is 2. The lowest BCUT2D eigenvalue weighted by molar-refractivity contribution is 0.0141. The minimum Gasteiger partial charge on any atom is -0.444 e. The first-order valence-corrected chi connectivity index (χ1v) is 8.22. The Morgan fingerprint density at radius 2 is 1.64 bits per heavy atom. The van der Waals surface area contributed by atoms with Crippen LogP contribution in [-0.2, 0) is 4.74 Å². The number of aliphatic hydroxyl groups excluding tert-OH is 1. The maximum absolute atomic E-state index is 12.5. The van der Waals surface area contributed by atoms with Crippen LogP contribution in [0.3, 0.4) is 0 Å². The second-order valence-corrected chi connectivity index (χ2v) is 6.95. The Morgan fingerprint density at radius 3 is 2.12 bits per heavy atom. The summed E-state index contributed by atoms with van der Waals surface area (Å²) in [6, 6.07) is 6.60. The maximum atomic E-state index is 12.5. The zero-order valence-corrected chi connectivity index (χ0v) is 14.9. The second kappa shape index (κ2) is 7.58. The van der Waals surface area contributed by atoms with Crippen molar-refractivity contribution in [2.45, 2.75) is 32.5 Å². The van der Waals surface area contributed by atoms with Gasteiger partial charge in [-0.1, -0.05) is 18.1 Å². The van der Waals surface area contributed by atoms with Gasteiger partial charge < -0.3 is 19.6 Å². The average molecular weight is 344 g/mol. The number of hydrogen-bond acceptors (Lipinski definition) is 4. The van der Waals surface area contributed by atoms with Crippen LogP contribution >= 0.6 is 0 Å². The van der Waals surface area contributed by atoms with Gasteiger partial charge in [0.15, 0.2) is 0 Å². The number of nitrogens with zero attached hydrogens (tertiary/aromatic N) is 2. The highest BCUT2D eigenvalue weighted by Crippen LogP contribution is 2.16. The predicted molar refractivity (Wildman–Crippen MR) is 93.9 cm³/mol. The monoisotopic (exact) mass is 344 g/mol. The normalized spacial score (nSPS) is 16.1. The van der Waals surface area contributed by atoms with E-state index < -0.39 is 11.7 Å². The van der Waals surface area contributed by atoms with Crippen LogP contribution in [0, 0.1) is 12.3 Å². The first-order chi connectivity index (χ1) is 11.7. The molecule has 1 aliphatic rings. The Morgan fingerprint density at radius 1 is 1.12 bits per heavy atom. The molecule has 6 nitrogen and oxygen atoms in total. The van der Waals surface area contributed by atoms with Crippen LogP contribution in [0.1, 0.15) is 42.8 Å². The number of rotatable bonds is 2. The molecular weight excluding hydrogens is 320 g/mol. The van der Waals surface area contributed by atoms with E-state index in [9.17, 15) is 14.7 Å². The lowest BCUT2D eigenvalue weighted by Crippen LogP contribution is -2.51. The van der Waals surface area contributed by atoms with Crippen LogP contribution in [0.25, 0.3) is 0 Å². The first-order valence-electron chi connectivity index (χ1n) is 8.22. The van der Waals surface area contributed by atoms with Crippen molar-refractivity contribution >= 4 is 12.0 Å². The van der Waals surface area contributed by atoms with E-state index in [2.05, 4.69) is 5.92 Å². The van der Waals surface area contributed by atoms with E-state index in [0.717, 1.165) is 0 Å². The molecule has 134 valence electrons. The quantitative estimate of drug-likeness (QED) is 0.834. The van der Waals surface area contributed by atoms with E-state index in [4.69, 9.17) is 11.2 Å². The molecule has 0 saturated carbocycles. The number of benzene rings is 1. The van der Waals surface area contributed by atoms with E-state index in [0.29, 0.717) is 37.3 Å². The molecule has 1 aromatic carbocycles. The molecule has 1 unspecified atom stereocenters. The minimum absolute atomic E-state index is 0.106. The van der Waals surface area contributed by atoms with Gasteiger partial charge in [-0.3, -0.25) is 4.79 Å². The van der Waals surface area contributed by atoms with Crippen molar-refractivity contribution in [1.82, 2.24) is 9.80 Å². The highest BCUT2D eigenvalue weighted by Gasteiger charge is 2.28. The van der Waals surface area contributed by atoms with Crippen LogP contribution < -0.4 is 0 Å². The third kappa shape index (κ3) is 4.97. The van der Waals surface area contributed by atoms with Gasteiger partial charge in [-0.25, -0.2) is 4.79 Å². The average Bonchev–Trinajstić information content (AvgIpc) is 2.59. The first kappa shape index (κ1) is 18.8. The molecule has 2 amide bonds. The van der Waals surface area contributed by atoms with Crippen LogP contribution in [0.2, 0.25) is 0 Å². The van der Waals surface area contributed by atoms with Crippen molar-refractivity contribution in [2.75, 3.05) is 26.2 Å². The molecule has 1 saturated heterocycles. The molecule has 1 fully saturated rings. The van der Waals surface area contributed by atoms with E-state index in [1.54, 1.807) is 34.1 Å². The maximum Gasteiger partial charge on any atom is 0.410 e. The fourth-order valence-electron chi connectivity index (χ4n) is 2.51. The summed E-state index contributed by atoms with van der Waals surface area (Å²) in [6.45, 7) is 7.26. The summed E-state index contributed by atoms with van der Waals surface area (Å²) in [5, 5.41) is 9.59. The standard InChI is InChI=1S/C19H24N2O4/c1-5-16(22)14-6-8-15(9-7-14)17(23)20-10-12-21(13-11-20)18(24)25-19(2,3)4/h1,6-9,16,22H,10-13H2,2-4H3. The molecular formula is C19H24N2O4. The highest BCUT2D eigenvalue weighted by molar-refractivity contribution is 5.94. The Balaban J connectivity index is 1.93. The Kier molecular flexibility index (Phi) is 5.70. The van der Waals surface area contributed by atoms with Gasteiger partial charge in [0.2, 0.25) is 0 Å². The summed E-state index contributed by atoms with van der Waals surface area (Å²) in [5.41, 5.74) is 0.571. The summed E-state index contributed by atoms with van der Waals surface area (Å²) in [5.74, 6) is 2.13. The number of aliphatic hydroxyl groups is 1. The molecule has 6 heteroatoms. The van der Waals surface area contributed by atoms with Gasteiger partial charge in [-0.05, 0) is 38.5 Å². The number of piperazine rings is 1. The smallest absolute Gasteiger partial charge is 0.410 e. The van der Waals surface area contributed by atoms with Gasteiger partial charge in [0.05, 0.1) is 0 Å². The second-order valence-electron chi connectivity index (χ2n) is 6.95. The van der Waals surface area contributed by atoms with Crippen LogP contribution in [0.5, 0.6) is 0 Å². The molecule has 0 aliphatic carbocycles. The van der Waals surface area contributed by atoms with Gasteiger partial charge in [-0.15, -0.1) is 6.42 Å². The summed E-state index contributed by atoms with van der Waals surface area (Å²) < 4.78 is 5.35. The van der Waals surface area contributed by atoms with Crippen molar-refractivity contribution in [2.24, 2.45) is 0 Å². The summed E-state index contributed by atoms with van der Waals surface area (Å²) in [7, 11) is 0. The molecule has 2 rings (SSSR count). The number of carbonyl (C=O) groups is 2. The summed E-state index contributed by atoms with van der Waals surface area (Å²) in [6.07, 6.45) is 3.85. The molecule has 0 bridgehead atoms. The topological polar surface area (TPSA) is 70.1 Å². The molecule has 25 heavy (non-hydrogen) atoms. The van der Waals surface area contributed by atoms with Gasteiger partial charge in [0, 0.05) is 31.7 Å². The number of terminal acetylenes is 1. The lowest BCUT2D eigenvalue weighted by atomic mass is 10.1. The van der Waals surface area contributed by atoms with E-state index in [-0.39, 0.29) is 12.0 Å². The number of ether oxygens (including phenoxy) is 1. The molecule has 1 heterocycles. The molecule has 0 aromatic heterocycles. The molecule has 0 spiro atoms. The van der Waals surface area contributed by atoms with Crippen LogP contribution in [-0.4, -0.2) is 58.7 Å². The van der Waals surface area contributed by atoms with Gasteiger partial charge >= 0.3 is 6.09 Å². The van der Waals surface area contributed by atoms with Gasteiger partial charge in [-0.2, -0.15) is 0 Å². The number of carbonyl (C=O) groups excluding carboxylic acids is 2. The third-order valence-corrected chi connectivity index (χ3v) is 3.85. The molecule has 1 atom stereocenters. The minimum atomic E-state index is -0.971.